The Morgan fingerprint density at radius 1 is 1.41 bits per heavy atom. The predicted octanol–water partition coefficient (Wildman–Crippen LogP) is 2.52. The Labute approximate surface area is 108 Å². The van der Waals surface area contributed by atoms with Gasteiger partial charge >= 0.3 is 5.97 Å². The van der Waals surface area contributed by atoms with Gasteiger partial charge in [0.2, 0.25) is 5.91 Å². The standard InChI is InChI=1S/C12H14BrNO3/c1-3-8(12(16)17)11(15)14(2)10-7-5-4-6-9(10)13/h4-8H,3H2,1-2H3,(H,16,17). The second-order valence-corrected chi connectivity index (χ2v) is 4.50. The van der Waals surface area contributed by atoms with Crippen molar-refractivity contribution in [2.24, 2.45) is 5.92 Å². The summed E-state index contributed by atoms with van der Waals surface area (Å²) in [6, 6.07) is 7.20. The summed E-state index contributed by atoms with van der Waals surface area (Å²) in [6.45, 7) is 1.69. The van der Waals surface area contributed by atoms with Crippen molar-refractivity contribution in [1.82, 2.24) is 0 Å². The fourth-order valence-electron chi connectivity index (χ4n) is 1.53. The number of rotatable bonds is 4. The molecule has 1 atom stereocenters. The first-order valence-corrected chi connectivity index (χ1v) is 6.03. The zero-order valence-electron chi connectivity index (χ0n) is 9.68. The van der Waals surface area contributed by atoms with Crippen LogP contribution in [-0.4, -0.2) is 24.0 Å². The van der Waals surface area contributed by atoms with Gasteiger partial charge in [0.25, 0.3) is 0 Å². The highest BCUT2D eigenvalue weighted by Gasteiger charge is 2.28. The molecule has 0 saturated heterocycles. The molecule has 1 aromatic rings. The minimum Gasteiger partial charge on any atom is -0.481 e. The number of carboxylic acid groups (broad SMARTS) is 1. The zero-order valence-corrected chi connectivity index (χ0v) is 11.3. The fraction of sp³-hybridized carbons (Fsp3) is 0.333. The van der Waals surface area contributed by atoms with E-state index in [0.29, 0.717) is 5.69 Å². The number of anilines is 1. The SMILES string of the molecule is CCC(C(=O)O)C(=O)N(C)c1ccccc1Br. The molecule has 0 aliphatic carbocycles. The maximum Gasteiger partial charge on any atom is 0.316 e. The van der Waals surface area contributed by atoms with Gasteiger partial charge in [-0.15, -0.1) is 0 Å². The molecule has 1 amide bonds. The summed E-state index contributed by atoms with van der Waals surface area (Å²) in [5, 5.41) is 8.95. The number of carbonyl (C=O) groups excluding carboxylic acids is 1. The lowest BCUT2D eigenvalue weighted by atomic mass is 10.1. The van der Waals surface area contributed by atoms with Crippen LogP contribution in [0.5, 0.6) is 0 Å². The largest absolute Gasteiger partial charge is 0.481 e. The van der Waals surface area contributed by atoms with Crippen LogP contribution < -0.4 is 4.90 Å². The van der Waals surface area contributed by atoms with E-state index in [1.807, 2.05) is 6.07 Å². The number of carboxylic acids is 1. The van der Waals surface area contributed by atoms with Crippen molar-refractivity contribution >= 4 is 33.5 Å². The van der Waals surface area contributed by atoms with Gasteiger partial charge in [0.15, 0.2) is 0 Å². The Morgan fingerprint density at radius 2 is 2.00 bits per heavy atom. The second-order valence-electron chi connectivity index (χ2n) is 3.65. The first-order chi connectivity index (χ1) is 7.99. The van der Waals surface area contributed by atoms with E-state index in [0.717, 1.165) is 4.47 Å². The van der Waals surface area contributed by atoms with Crippen LogP contribution in [0.2, 0.25) is 0 Å². The number of hydrogen-bond acceptors (Lipinski definition) is 2. The topological polar surface area (TPSA) is 57.6 Å². The van der Waals surface area contributed by atoms with Gasteiger partial charge in [-0.25, -0.2) is 0 Å². The third-order valence-corrected chi connectivity index (χ3v) is 3.22. The van der Waals surface area contributed by atoms with Crippen molar-refractivity contribution in [3.63, 3.8) is 0 Å². The molecular formula is C12H14BrNO3. The van der Waals surface area contributed by atoms with Crippen molar-refractivity contribution in [2.45, 2.75) is 13.3 Å². The molecule has 17 heavy (non-hydrogen) atoms. The fourth-order valence-corrected chi connectivity index (χ4v) is 2.08. The highest BCUT2D eigenvalue weighted by atomic mass is 79.9. The molecule has 0 aromatic heterocycles. The quantitative estimate of drug-likeness (QED) is 0.869. The molecular weight excluding hydrogens is 286 g/mol. The molecule has 0 heterocycles. The number of hydrogen-bond donors (Lipinski definition) is 1. The Hall–Kier alpha value is -1.36. The van der Waals surface area contributed by atoms with Gasteiger partial charge in [0, 0.05) is 11.5 Å². The molecule has 0 aliphatic heterocycles. The number of nitrogens with zero attached hydrogens (tertiary/aromatic N) is 1. The molecule has 0 spiro atoms. The number of halogens is 1. The molecule has 1 aromatic carbocycles. The van der Waals surface area contributed by atoms with Gasteiger partial charge in [0.1, 0.15) is 5.92 Å². The van der Waals surface area contributed by atoms with Gasteiger partial charge in [0.05, 0.1) is 5.69 Å². The van der Waals surface area contributed by atoms with Crippen LogP contribution in [0.1, 0.15) is 13.3 Å². The molecule has 1 unspecified atom stereocenters. The van der Waals surface area contributed by atoms with E-state index in [-0.39, 0.29) is 6.42 Å². The van der Waals surface area contributed by atoms with Gasteiger partial charge in [-0.2, -0.15) is 0 Å². The number of benzene rings is 1. The Morgan fingerprint density at radius 3 is 2.47 bits per heavy atom. The van der Waals surface area contributed by atoms with Crippen molar-refractivity contribution in [1.29, 1.82) is 0 Å². The van der Waals surface area contributed by atoms with Crippen molar-refractivity contribution < 1.29 is 14.7 Å². The minimum absolute atomic E-state index is 0.281. The van der Waals surface area contributed by atoms with Crippen molar-refractivity contribution in [3.8, 4) is 0 Å². The molecule has 1 N–H and O–H groups in total. The Balaban J connectivity index is 2.97. The summed E-state index contributed by atoms with van der Waals surface area (Å²) in [4.78, 5) is 24.3. The van der Waals surface area contributed by atoms with E-state index in [9.17, 15) is 9.59 Å². The highest BCUT2D eigenvalue weighted by Crippen LogP contribution is 2.26. The van der Waals surface area contributed by atoms with Gasteiger partial charge in [-0.3, -0.25) is 9.59 Å². The average Bonchev–Trinajstić information content (AvgIpc) is 2.29. The van der Waals surface area contributed by atoms with E-state index in [1.165, 1.54) is 4.90 Å². The van der Waals surface area contributed by atoms with E-state index < -0.39 is 17.8 Å². The van der Waals surface area contributed by atoms with Crippen molar-refractivity contribution in [2.75, 3.05) is 11.9 Å². The molecule has 0 fully saturated rings. The molecule has 1 rings (SSSR count). The summed E-state index contributed by atoms with van der Waals surface area (Å²) in [5.74, 6) is -2.49. The number of para-hydroxylation sites is 1. The average molecular weight is 300 g/mol. The van der Waals surface area contributed by atoms with E-state index in [2.05, 4.69) is 15.9 Å². The van der Waals surface area contributed by atoms with E-state index >= 15 is 0 Å². The van der Waals surface area contributed by atoms with Gasteiger partial charge < -0.3 is 10.0 Å². The lowest BCUT2D eigenvalue weighted by Gasteiger charge is -2.21. The molecule has 92 valence electrons. The second kappa shape index (κ2) is 5.82. The molecule has 5 heteroatoms. The van der Waals surface area contributed by atoms with Crippen molar-refractivity contribution in [3.05, 3.63) is 28.7 Å². The summed E-state index contributed by atoms with van der Waals surface area (Å²) in [5.41, 5.74) is 0.664. The normalized spacial score (nSPS) is 11.9. The third kappa shape index (κ3) is 3.06. The van der Waals surface area contributed by atoms with Crippen LogP contribution in [0.15, 0.2) is 28.7 Å². The molecule has 4 nitrogen and oxygen atoms in total. The highest BCUT2D eigenvalue weighted by molar-refractivity contribution is 9.10. The number of aliphatic carboxylic acids is 1. The Bertz CT molecular complexity index is 434. The van der Waals surface area contributed by atoms with E-state index in [1.54, 1.807) is 32.2 Å². The number of carbonyl (C=O) groups is 2. The minimum atomic E-state index is -1.09. The van der Waals surface area contributed by atoms with Crippen LogP contribution in [0, 0.1) is 5.92 Å². The Kier molecular flexibility index (Phi) is 4.69. The monoisotopic (exact) mass is 299 g/mol. The number of amides is 1. The molecule has 0 bridgehead atoms. The summed E-state index contributed by atoms with van der Waals surface area (Å²) < 4.78 is 0.760. The van der Waals surface area contributed by atoms with Gasteiger partial charge in [-0.05, 0) is 34.5 Å². The first kappa shape index (κ1) is 13.7. The van der Waals surface area contributed by atoms with E-state index in [4.69, 9.17) is 5.11 Å². The molecule has 0 saturated carbocycles. The summed E-state index contributed by atoms with van der Waals surface area (Å²) in [7, 11) is 1.58. The summed E-state index contributed by atoms with van der Waals surface area (Å²) >= 11 is 3.33. The molecule has 0 aliphatic rings. The lowest BCUT2D eigenvalue weighted by molar-refractivity contribution is -0.146. The van der Waals surface area contributed by atoms with Crippen LogP contribution in [0.25, 0.3) is 0 Å². The maximum atomic E-state index is 12.0. The maximum absolute atomic E-state index is 12.0. The van der Waals surface area contributed by atoms with Crippen LogP contribution in [0.3, 0.4) is 0 Å². The lowest BCUT2D eigenvalue weighted by Crippen LogP contribution is -2.36. The summed E-state index contributed by atoms with van der Waals surface area (Å²) in [6.07, 6.45) is 0.281. The van der Waals surface area contributed by atoms with Gasteiger partial charge in [-0.1, -0.05) is 19.1 Å². The smallest absolute Gasteiger partial charge is 0.316 e. The van der Waals surface area contributed by atoms with Crippen LogP contribution in [0.4, 0.5) is 5.69 Å². The van der Waals surface area contributed by atoms with Crippen LogP contribution in [-0.2, 0) is 9.59 Å². The third-order valence-electron chi connectivity index (χ3n) is 2.55. The van der Waals surface area contributed by atoms with Crippen LogP contribution >= 0.6 is 15.9 Å². The molecule has 0 radical (unpaired) electrons. The zero-order chi connectivity index (χ0) is 13.0. The first-order valence-electron chi connectivity index (χ1n) is 5.24. The predicted molar refractivity (Wildman–Crippen MR) is 69.0 cm³/mol.